The van der Waals surface area contributed by atoms with Crippen molar-refractivity contribution in [3.63, 3.8) is 0 Å². The number of carbonyl (C=O) groups is 1. The first-order chi connectivity index (χ1) is 13.6. The first-order valence-corrected chi connectivity index (χ1v) is 9.79. The van der Waals surface area contributed by atoms with Crippen molar-refractivity contribution < 1.29 is 9.72 Å². The molecule has 1 amide bonds. The van der Waals surface area contributed by atoms with Crippen molar-refractivity contribution >= 4 is 24.0 Å². The predicted molar refractivity (Wildman–Crippen MR) is 114 cm³/mol. The molecule has 0 spiro atoms. The maximum Gasteiger partial charge on any atom is 0.273 e. The fourth-order valence-electron chi connectivity index (χ4n) is 3.68. The van der Waals surface area contributed by atoms with Gasteiger partial charge in [-0.25, -0.2) is 0 Å². The molecule has 1 aliphatic rings. The molecule has 0 bridgehead atoms. The number of benzene rings is 1. The molecule has 1 saturated heterocycles. The molecule has 156 valence electrons. The lowest BCUT2D eigenvalue weighted by atomic mass is 10.0. The molecule has 1 aromatic heterocycles. The second kappa shape index (κ2) is 10.9. The van der Waals surface area contributed by atoms with Gasteiger partial charge in [0.1, 0.15) is 0 Å². The van der Waals surface area contributed by atoms with E-state index < -0.39 is 4.92 Å². The minimum atomic E-state index is -0.408. The molecule has 1 aliphatic heterocycles. The van der Waals surface area contributed by atoms with Gasteiger partial charge in [0.25, 0.3) is 11.6 Å². The number of aromatic nitrogens is 1. The highest BCUT2D eigenvalue weighted by atomic mass is 35.5. The number of hydrogen-bond donors (Lipinski definition) is 1. The van der Waals surface area contributed by atoms with E-state index in [-0.39, 0.29) is 30.0 Å². The van der Waals surface area contributed by atoms with E-state index >= 15 is 0 Å². The van der Waals surface area contributed by atoms with Gasteiger partial charge in [-0.2, -0.15) is 0 Å². The van der Waals surface area contributed by atoms with E-state index in [1.165, 1.54) is 6.07 Å². The monoisotopic (exact) mass is 418 g/mol. The Labute approximate surface area is 177 Å². The fraction of sp³-hybridized carbons (Fsp3) is 0.429. The average molecular weight is 419 g/mol. The van der Waals surface area contributed by atoms with E-state index in [0.29, 0.717) is 24.1 Å². The number of nitrogens with zero attached hydrogens (tertiary/aromatic N) is 3. The maximum absolute atomic E-state index is 13.4. The van der Waals surface area contributed by atoms with Crippen LogP contribution in [-0.4, -0.2) is 39.8 Å². The summed E-state index contributed by atoms with van der Waals surface area (Å²) in [6, 6.07) is 10.5. The van der Waals surface area contributed by atoms with Crippen molar-refractivity contribution in [1.29, 1.82) is 0 Å². The molecular formula is C21H27ClN4O3. The molecule has 7 nitrogen and oxygen atoms in total. The van der Waals surface area contributed by atoms with Gasteiger partial charge in [-0.15, -0.1) is 12.4 Å². The quantitative estimate of drug-likeness (QED) is 0.570. The summed E-state index contributed by atoms with van der Waals surface area (Å²) in [6.07, 6.45) is 5.02. The Hall–Kier alpha value is -2.51. The van der Waals surface area contributed by atoms with Crippen molar-refractivity contribution in [3.05, 3.63) is 69.5 Å². The minimum Gasteiger partial charge on any atom is -0.330 e. The molecule has 1 N–H and O–H groups in total. The van der Waals surface area contributed by atoms with Crippen LogP contribution in [0.15, 0.2) is 42.6 Å². The Bertz CT molecular complexity index is 824. The van der Waals surface area contributed by atoms with E-state index in [1.54, 1.807) is 18.3 Å². The van der Waals surface area contributed by atoms with Gasteiger partial charge in [-0.05, 0) is 57.0 Å². The average Bonchev–Trinajstić information content (AvgIpc) is 3.01. The Morgan fingerprint density at radius 3 is 2.79 bits per heavy atom. The zero-order valence-corrected chi connectivity index (χ0v) is 17.4. The van der Waals surface area contributed by atoms with Gasteiger partial charge in [0, 0.05) is 29.4 Å². The first-order valence-electron chi connectivity index (χ1n) is 9.79. The molecule has 2 heterocycles. The molecule has 1 fully saturated rings. The van der Waals surface area contributed by atoms with Gasteiger partial charge < -0.3 is 10.2 Å². The summed E-state index contributed by atoms with van der Waals surface area (Å²) in [5.41, 5.74) is 1.81. The number of rotatable bonds is 6. The van der Waals surface area contributed by atoms with Gasteiger partial charge in [-0.3, -0.25) is 19.9 Å². The van der Waals surface area contributed by atoms with E-state index in [1.807, 2.05) is 30.0 Å². The van der Waals surface area contributed by atoms with E-state index in [4.69, 9.17) is 0 Å². The lowest BCUT2D eigenvalue weighted by molar-refractivity contribution is -0.385. The summed E-state index contributed by atoms with van der Waals surface area (Å²) in [5.74, 6) is -0.177. The number of pyridine rings is 1. The van der Waals surface area contributed by atoms with Crippen molar-refractivity contribution in [2.45, 2.75) is 45.2 Å². The van der Waals surface area contributed by atoms with Crippen LogP contribution in [0.2, 0.25) is 0 Å². The van der Waals surface area contributed by atoms with Crippen LogP contribution < -0.4 is 5.32 Å². The van der Waals surface area contributed by atoms with Crippen LogP contribution in [0.5, 0.6) is 0 Å². The largest absolute Gasteiger partial charge is 0.330 e. The molecule has 0 saturated carbocycles. The van der Waals surface area contributed by atoms with Crippen LogP contribution in [0.4, 0.5) is 5.69 Å². The van der Waals surface area contributed by atoms with Gasteiger partial charge in [0.05, 0.1) is 17.2 Å². The fourth-order valence-corrected chi connectivity index (χ4v) is 3.68. The normalized spacial score (nSPS) is 16.4. The van der Waals surface area contributed by atoms with Gasteiger partial charge in [0.2, 0.25) is 0 Å². The Morgan fingerprint density at radius 1 is 1.28 bits per heavy atom. The van der Waals surface area contributed by atoms with Gasteiger partial charge in [-0.1, -0.05) is 19.1 Å². The van der Waals surface area contributed by atoms with Crippen LogP contribution in [0, 0.1) is 10.1 Å². The Kier molecular flexibility index (Phi) is 8.54. The third kappa shape index (κ3) is 5.74. The molecule has 1 atom stereocenters. The van der Waals surface area contributed by atoms with Crippen LogP contribution in [0.3, 0.4) is 0 Å². The zero-order valence-electron chi connectivity index (χ0n) is 16.5. The summed E-state index contributed by atoms with van der Waals surface area (Å²) >= 11 is 0. The summed E-state index contributed by atoms with van der Waals surface area (Å²) in [5, 5.41) is 14.8. The van der Waals surface area contributed by atoms with Crippen molar-refractivity contribution in [1.82, 2.24) is 15.2 Å². The summed E-state index contributed by atoms with van der Waals surface area (Å²) in [6.45, 7) is 4.06. The van der Waals surface area contributed by atoms with E-state index in [0.717, 1.165) is 38.0 Å². The maximum atomic E-state index is 13.4. The molecule has 1 aromatic carbocycles. The molecule has 2 aromatic rings. The summed E-state index contributed by atoms with van der Waals surface area (Å²) in [7, 11) is 0. The number of nitro benzene ring substituents is 1. The predicted octanol–water partition coefficient (Wildman–Crippen LogP) is 3.76. The number of nitro groups is 1. The highest BCUT2D eigenvalue weighted by Crippen LogP contribution is 2.24. The SMILES string of the molecule is CCc1ccc(C(=O)N(Cc2ccccn2)C2CCCNCC2)cc1[N+](=O)[O-].Cl. The molecule has 1 unspecified atom stereocenters. The number of amides is 1. The number of aryl methyl sites for hydroxylation is 1. The number of hydrogen-bond acceptors (Lipinski definition) is 5. The summed E-state index contributed by atoms with van der Waals surface area (Å²) < 4.78 is 0. The molecule has 0 radical (unpaired) electrons. The van der Waals surface area contributed by atoms with E-state index in [9.17, 15) is 14.9 Å². The highest BCUT2D eigenvalue weighted by molar-refractivity contribution is 5.95. The number of carbonyl (C=O) groups excluding carboxylic acids is 1. The van der Waals surface area contributed by atoms with Gasteiger partial charge in [0.15, 0.2) is 0 Å². The Balaban J connectivity index is 0.00000300. The molecule has 0 aliphatic carbocycles. The lowest BCUT2D eigenvalue weighted by Crippen LogP contribution is -2.40. The smallest absolute Gasteiger partial charge is 0.273 e. The zero-order chi connectivity index (χ0) is 19.9. The van der Waals surface area contributed by atoms with Crippen LogP contribution in [0.1, 0.15) is 47.8 Å². The molecule has 3 rings (SSSR count). The number of nitrogens with one attached hydrogen (secondary N) is 1. The van der Waals surface area contributed by atoms with Crippen molar-refractivity contribution in [2.75, 3.05) is 13.1 Å². The number of halogens is 1. The molecular weight excluding hydrogens is 392 g/mol. The third-order valence-electron chi connectivity index (χ3n) is 5.22. The van der Waals surface area contributed by atoms with Gasteiger partial charge >= 0.3 is 0 Å². The summed E-state index contributed by atoms with van der Waals surface area (Å²) in [4.78, 5) is 30.6. The third-order valence-corrected chi connectivity index (χ3v) is 5.22. The Morgan fingerprint density at radius 2 is 2.10 bits per heavy atom. The van der Waals surface area contributed by atoms with Crippen molar-refractivity contribution in [3.8, 4) is 0 Å². The highest BCUT2D eigenvalue weighted by Gasteiger charge is 2.27. The first kappa shape index (κ1) is 22.8. The van der Waals surface area contributed by atoms with Crippen LogP contribution in [-0.2, 0) is 13.0 Å². The minimum absolute atomic E-state index is 0. The van der Waals surface area contributed by atoms with Crippen LogP contribution >= 0.6 is 12.4 Å². The van der Waals surface area contributed by atoms with Crippen molar-refractivity contribution in [2.24, 2.45) is 0 Å². The van der Waals surface area contributed by atoms with Crippen LogP contribution in [0.25, 0.3) is 0 Å². The lowest BCUT2D eigenvalue weighted by Gasteiger charge is -2.31. The second-order valence-corrected chi connectivity index (χ2v) is 7.04. The standard InChI is InChI=1S/C21H26N4O3.ClH/c1-2-16-8-9-17(14-20(16)25(27)28)21(26)24(15-18-6-3-4-12-23-18)19-7-5-11-22-13-10-19;/h3-4,6,8-9,12,14,19,22H,2,5,7,10-11,13,15H2,1H3;1H. The topological polar surface area (TPSA) is 88.4 Å². The molecule has 29 heavy (non-hydrogen) atoms. The second-order valence-electron chi connectivity index (χ2n) is 7.04. The molecule has 8 heteroatoms. The van der Waals surface area contributed by atoms with E-state index in [2.05, 4.69) is 10.3 Å².